The fraction of sp³-hybridized carbons (Fsp3) is 0.929. The van der Waals surface area contributed by atoms with E-state index in [4.69, 9.17) is 5.73 Å². The smallest absolute Gasteiger partial charge is 0.223 e. The zero-order valence-corrected chi connectivity index (χ0v) is 12.3. The van der Waals surface area contributed by atoms with Gasteiger partial charge in [-0.2, -0.15) is 11.8 Å². The van der Waals surface area contributed by atoms with E-state index in [-0.39, 0.29) is 5.41 Å². The topological polar surface area (TPSA) is 46.3 Å². The third kappa shape index (κ3) is 3.21. The van der Waals surface area contributed by atoms with Crippen LogP contribution in [0.5, 0.6) is 0 Å². The van der Waals surface area contributed by atoms with E-state index in [1.54, 1.807) is 0 Å². The van der Waals surface area contributed by atoms with Crippen LogP contribution < -0.4 is 5.73 Å². The zero-order valence-electron chi connectivity index (χ0n) is 11.5. The Hall–Kier alpha value is -0.220. The van der Waals surface area contributed by atoms with Crippen molar-refractivity contribution in [3.05, 3.63) is 0 Å². The lowest BCUT2D eigenvalue weighted by Crippen LogP contribution is -2.43. The van der Waals surface area contributed by atoms with Crippen LogP contribution in [0.4, 0.5) is 0 Å². The minimum Gasteiger partial charge on any atom is -0.342 e. The molecule has 2 fully saturated rings. The molecule has 0 aromatic heterocycles. The van der Waals surface area contributed by atoms with Crippen LogP contribution in [0.15, 0.2) is 0 Å². The van der Waals surface area contributed by atoms with Gasteiger partial charge in [0, 0.05) is 25.3 Å². The number of carbonyl (C=O) groups excluding carboxylic acids is 1. The zero-order chi connectivity index (χ0) is 13.0. The molecular weight excluding hydrogens is 244 g/mol. The molecule has 0 spiro atoms. The lowest BCUT2D eigenvalue weighted by atomic mass is 9.71. The fourth-order valence-electron chi connectivity index (χ4n) is 3.23. The van der Waals surface area contributed by atoms with Crippen molar-refractivity contribution in [1.82, 2.24) is 4.90 Å². The number of carbonyl (C=O) groups is 1. The summed E-state index contributed by atoms with van der Waals surface area (Å²) in [6.07, 6.45) is 7.90. The monoisotopic (exact) mass is 270 g/mol. The summed E-state index contributed by atoms with van der Waals surface area (Å²) in [5.41, 5.74) is 6.07. The third-order valence-electron chi connectivity index (χ3n) is 4.72. The first-order chi connectivity index (χ1) is 8.67. The van der Waals surface area contributed by atoms with Gasteiger partial charge in [-0.05, 0) is 37.0 Å². The molecule has 1 aliphatic heterocycles. The Bertz CT molecular complexity index is 284. The molecule has 0 aromatic rings. The molecule has 2 rings (SSSR count). The Morgan fingerprint density at radius 1 is 1.39 bits per heavy atom. The van der Waals surface area contributed by atoms with Gasteiger partial charge >= 0.3 is 0 Å². The van der Waals surface area contributed by atoms with Gasteiger partial charge in [-0.1, -0.05) is 19.3 Å². The molecule has 1 atom stereocenters. The standard InChI is InChI=1S/C14H26N2OS/c1-16(12-5-8-18-10-12)13(17)9-14(11-15)6-3-2-4-7-14/h12H,2-11,15H2,1H3. The predicted octanol–water partition coefficient (Wildman–Crippen LogP) is 2.25. The summed E-state index contributed by atoms with van der Waals surface area (Å²) in [7, 11) is 1.98. The van der Waals surface area contributed by atoms with E-state index in [0.717, 1.165) is 25.0 Å². The highest BCUT2D eigenvalue weighted by atomic mass is 32.2. The highest BCUT2D eigenvalue weighted by molar-refractivity contribution is 7.99. The van der Waals surface area contributed by atoms with Crippen LogP contribution in [0.1, 0.15) is 44.9 Å². The molecule has 0 radical (unpaired) electrons. The predicted molar refractivity (Wildman–Crippen MR) is 77.7 cm³/mol. The van der Waals surface area contributed by atoms with Gasteiger partial charge in [0.1, 0.15) is 0 Å². The second-order valence-electron chi connectivity index (χ2n) is 5.96. The third-order valence-corrected chi connectivity index (χ3v) is 5.87. The van der Waals surface area contributed by atoms with E-state index >= 15 is 0 Å². The Kier molecular flexibility index (Phi) is 4.96. The van der Waals surface area contributed by atoms with Crippen LogP contribution in [-0.4, -0.2) is 41.9 Å². The van der Waals surface area contributed by atoms with Crippen molar-refractivity contribution in [2.45, 2.75) is 51.0 Å². The number of hydrogen-bond acceptors (Lipinski definition) is 3. The highest BCUT2D eigenvalue weighted by Crippen LogP contribution is 2.39. The van der Waals surface area contributed by atoms with Crippen LogP contribution in [0.25, 0.3) is 0 Å². The SMILES string of the molecule is CN(C(=O)CC1(CN)CCCCC1)C1CCSC1. The molecule has 2 N–H and O–H groups in total. The van der Waals surface area contributed by atoms with Crippen LogP contribution in [0.2, 0.25) is 0 Å². The van der Waals surface area contributed by atoms with Gasteiger partial charge in [-0.25, -0.2) is 0 Å². The van der Waals surface area contributed by atoms with Gasteiger partial charge in [-0.15, -0.1) is 0 Å². The molecule has 2 aliphatic rings. The van der Waals surface area contributed by atoms with Gasteiger partial charge in [0.05, 0.1) is 0 Å². The minimum absolute atomic E-state index is 0.106. The molecule has 1 amide bonds. The maximum Gasteiger partial charge on any atom is 0.223 e. The van der Waals surface area contributed by atoms with Crippen molar-refractivity contribution in [1.29, 1.82) is 0 Å². The van der Waals surface area contributed by atoms with Gasteiger partial charge in [0.25, 0.3) is 0 Å². The fourth-order valence-corrected chi connectivity index (χ4v) is 4.50. The number of thioether (sulfide) groups is 1. The Balaban J connectivity index is 1.91. The second kappa shape index (κ2) is 6.29. The first kappa shape index (κ1) is 14.2. The van der Waals surface area contributed by atoms with E-state index < -0.39 is 0 Å². The maximum absolute atomic E-state index is 12.4. The number of rotatable bonds is 4. The Morgan fingerprint density at radius 3 is 2.67 bits per heavy atom. The lowest BCUT2D eigenvalue weighted by molar-refractivity contribution is -0.134. The van der Waals surface area contributed by atoms with E-state index in [0.29, 0.717) is 24.9 Å². The lowest BCUT2D eigenvalue weighted by Gasteiger charge is -2.37. The van der Waals surface area contributed by atoms with Gasteiger partial charge in [0.15, 0.2) is 0 Å². The molecular formula is C14H26N2OS. The molecule has 1 unspecified atom stereocenters. The van der Waals surface area contributed by atoms with E-state index in [9.17, 15) is 4.79 Å². The summed E-state index contributed by atoms with van der Waals surface area (Å²) in [6.45, 7) is 0.673. The van der Waals surface area contributed by atoms with Crippen LogP contribution in [-0.2, 0) is 4.79 Å². The van der Waals surface area contributed by atoms with Crippen LogP contribution >= 0.6 is 11.8 Å². The molecule has 1 heterocycles. The molecule has 18 heavy (non-hydrogen) atoms. The molecule has 104 valence electrons. The van der Waals surface area contributed by atoms with Crippen molar-refractivity contribution >= 4 is 17.7 Å². The quantitative estimate of drug-likeness (QED) is 0.852. The summed E-state index contributed by atoms with van der Waals surface area (Å²) in [4.78, 5) is 14.4. The molecule has 0 aromatic carbocycles. The highest BCUT2D eigenvalue weighted by Gasteiger charge is 2.35. The average molecular weight is 270 g/mol. The molecule has 1 saturated carbocycles. The van der Waals surface area contributed by atoms with E-state index in [1.165, 1.54) is 25.0 Å². The maximum atomic E-state index is 12.4. The molecule has 4 heteroatoms. The van der Waals surface area contributed by atoms with Gasteiger partial charge in [-0.3, -0.25) is 4.79 Å². The van der Waals surface area contributed by atoms with Crippen molar-refractivity contribution in [2.24, 2.45) is 11.1 Å². The van der Waals surface area contributed by atoms with Crippen molar-refractivity contribution in [2.75, 3.05) is 25.1 Å². The van der Waals surface area contributed by atoms with Crippen LogP contribution in [0.3, 0.4) is 0 Å². The largest absolute Gasteiger partial charge is 0.342 e. The molecule has 0 bridgehead atoms. The van der Waals surface area contributed by atoms with Crippen molar-refractivity contribution in [3.8, 4) is 0 Å². The summed E-state index contributed by atoms with van der Waals surface area (Å²) in [5.74, 6) is 2.62. The number of amides is 1. The van der Waals surface area contributed by atoms with Gasteiger partial charge in [0.2, 0.25) is 5.91 Å². The molecule has 1 aliphatic carbocycles. The minimum atomic E-state index is 0.106. The van der Waals surface area contributed by atoms with Crippen molar-refractivity contribution < 1.29 is 4.79 Å². The number of nitrogens with zero attached hydrogens (tertiary/aromatic N) is 1. The Labute approximate surface area is 115 Å². The number of hydrogen-bond donors (Lipinski definition) is 1. The van der Waals surface area contributed by atoms with Gasteiger partial charge < -0.3 is 10.6 Å². The molecule has 1 saturated heterocycles. The van der Waals surface area contributed by atoms with Crippen molar-refractivity contribution in [3.63, 3.8) is 0 Å². The summed E-state index contributed by atoms with van der Waals surface area (Å²) in [5, 5.41) is 0. The molecule has 3 nitrogen and oxygen atoms in total. The summed E-state index contributed by atoms with van der Waals surface area (Å²) < 4.78 is 0. The average Bonchev–Trinajstić information content (AvgIpc) is 2.92. The van der Waals surface area contributed by atoms with E-state index in [1.807, 2.05) is 23.7 Å². The van der Waals surface area contributed by atoms with E-state index in [2.05, 4.69) is 0 Å². The van der Waals surface area contributed by atoms with Crippen LogP contribution in [0, 0.1) is 5.41 Å². The first-order valence-corrected chi connectivity index (χ1v) is 8.36. The number of nitrogens with two attached hydrogens (primary N) is 1. The summed E-state index contributed by atoms with van der Waals surface area (Å²) in [6, 6.07) is 0.459. The Morgan fingerprint density at radius 2 is 2.11 bits per heavy atom. The second-order valence-corrected chi connectivity index (χ2v) is 7.11. The normalized spacial score (nSPS) is 27.1. The summed E-state index contributed by atoms with van der Waals surface area (Å²) >= 11 is 1.96. The first-order valence-electron chi connectivity index (χ1n) is 7.20.